The number of amides is 1. The first-order chi connectivity index (χ1) is 11.8. The van der Waals surface area contributed by atoms with Crippen molar-refractivity contribution in [3.63, 3.8) is 0 Å². The van der Waals surface area contributed by atoms with E-state index >= 15 is 0 Å². The fourth-order valence-electron chi connectivity index (χ4n) is 3.34. The average molecular weight is 366 g/mol. The third kappa shape index (κ3) is 3.45. The Balaban J connectivity index is 1.87. The smallest absolute Gasteiger partial charge is 0.234 e. The zero-order chi connectivity index (χ0) is 18.2. The lowest BCUT2D eigenvalue weighted by Gasteiger charge is -2.41. The predicted molar refractivity (Wildman–Crippen MR) is 94.4 cm³/mol. The lowest BCUT2D eigenvalue weighted by Crippen LogP contribution is -2.53. The first-order valence-corrected chi connectivity index (χ1v) is 9.67. The number of primary amides is 1. The van der Waals surface area contributed by atoms with E-state index in [2.05, 4.69) is 21.9 Å². The van der Waals surface area contributed by atoms with Gasteiger partial charge in [0.1, 0.15) is 23.5 Å². The largest absolute Gasteiger partial charge is 0.369 e. The zero-order valence-corrected chi connectivity index (χ0v) is 15.0. The van der Waals surface area contributed by atoms with Gasteiger partial charge in [0.25, 0.3) is 0 Å². The fraction of sp³-hybridized carbons (Fsp3) is 0.533. The summed E-state index contributed by atoms with van der Waals surface area (Å²) in [4.78, 5) is 24.7. The van der Waals surface area contributed by atoms with Gasteiger partial charge in [-0.15, -0.1) is 0 Å². The summed E-state index contributed by atoms with van der Waals surface area (Å²) in [6, 6.07) is 1.83. The second-order valence-electron chi connectivity index (χ2n) is 6.46. The van der Waals surface area contributed by atoms with Crippen LogP contribution in [0.1, 0.15) is 13.3 Å². The van der Waals surface area contributed by atoms with Crippen LogP contribution in [0.15, 0.2) is 18.6 Å². The highest BCUT2D eigenvalue weighted by molar-refractivity contribution is 7.89. The number of likely N-dealkylation sites (N-methyl/N-ethyl adjacent to an activating group) is 1. The van der Waals surface area contributed by atoms with Crippen LogP contribution in [0.4, 0.5) is 5.82 Å². The molecule has 136 valence electrons. The molecule has 1 fully saturated rings. The molecule has 0 bridgehead atoms. The first kappa shape index (κ1) is 17.6. The molecule has 0 radical (unpaired) electrons. The lowest BCUT2D eigenvalue weighted by molar-refractivity contribution is -0.115. The van der Waals surface area contributed by atoms with Crippen molar-refractivity contribution in [3.05, 3.63) is 18.6 Å². The molecule has 9 nitrogen and oxygen atoms in total. The number of fused-ring (bicyclic) bond motifs is 1. The lowest BCUT2D eigenvalue weighted by atomic mass is 9.93. The molecule has 0 aromatic carbocycles. The van der Waals surface area contributed by atoms with Crippen molar-refractivity contribution in [2.45, 2.75) is 19.4 Å². The summed E-state index contributed by atoms with van der Waals surface area (Å²) in [6.07, 6.45) is 3.98. The quantitative estimate of drug-likeness (QED) is 0.762. The Kier molecular flexibility index (Phi) is 4.65. The molecule has 2 aromatic heterocycles. The van der Waals surface area contributed by atoms with Gasteiger partial charge in [0.05, 0.1) is 5.39 Å². The van der Waals surface area contributed by atoms with Gasteiger partial charge in [-0.1, -0.05) is 6.92 Å². The van der Waals surface area contributed by atoms with Crippen molar-refractivity contribution >= 4 is 32.8 Å². The van der Waals surface area contributed by atoms with Crippen LogP contribution in [0.3, 0.4) is 0 Å². The monoisotopic (exact) mass is 366 g/mol. The number of hydrogen-bond acceptors (Lipinski definition) is 6. The Morgan fingerprint density at radius 1 is 1.48 bits per heavy atom. The van der Waals surface area contributed by atoms with Crippen molar-refractivity contribution in [2.75, 3.05) is 30.8 Å². The van der Waals surface area contributed by atoms with E-state index in [-0.39, 0.29) is 12.0 Å². The summed E-state index contributed by atoms with van der Waals surface area (Å²) in [5.74, 6) is -0.479. The summed E-state index contributed by atoms with van der Waals surface area (Å²) in [5, 5.41) is 0.884. The Bertz CT molecular complexity index is 880. The summed E-state index contributed by atoms with van der Waals surface area (Å²) in [7, 11) is -1.79. The highest BCUT2D eigenvalue weighted by Crippen LogP contribution is 2.29. The number of aromatic nitrogens is 3. The second kappa shape index (κ2) is 6.60. The van der Waals surface area contributed by atoms with Crippen LogP contribution in [-0.4, -0.2) is 65.5 Å². The minimum Gasteiger partial charge on any atom is -0.369 e. The molecule has 10 heteroatoms. The molecule has 0 aliphatic carbocycles. The molecule has 3 heterocycles. The number of hydrogen-bond donors (Lipinski definition) is 2. The Morgan fingerprint density at radius 3 is 2.96 bits per heavy atom. The van der Waals surface area contributed by atoms with E-state index in [1.54, 1.807) is 6.20 Å². The number of sulfonamides is 1. The maximum atomic E-state index is 12.4. The van der Waals surface area contributed by atoms with Crippen LogP contribution >= 0.6 is 0 Å². The average Bonchev–Trinajstić information content (AvgIpc) is 3.01. The van der Waals surface area contributed by atoms with Crippen molar-refractivity contribution < 1.29 is 13.2 Å². The molecule has 3 N–H and O–H groups in total. The van der Waals surface area contributed by atoms with Crippen LogP contribution in [0, 0.1) is 5.92 Å². The van der Waals surface area contributed by atoms with Gasteiger partial charge in [0.15, 0.2) is 0 Å². The third-order valence-electron chi connectivity index (χ3n) is 4.76. The van der Waals surface area contributed by atoms with Gasteiger partial charge >= 0.3 is 0 Å². The van der Waals surface area contributed by atoms with E-state index in [0.29, 0.717) is 19.5 Å². The minimum absolute atomic E-state index is 0.0654. The molecule has 2 aromatic rings. The fourth-order valence-corrected chi connectivity index (χ4v) is 4.65. The number of piperidine rings is 1. The summed E-state index contributed by atoms with van der Waals surface area (Å²) < 4.78 is 26.1. The highest BCUT2D eigenvalue weighted by atomic mass is 32.2. The van der Waals surface area contributed by atoms with Crippen molar-refractivity contribution in [1.29, 1.82) is 0 Å². The van der Waals surface area contributed by atoms with E-state index in [9.17, 15) is 13.2 Å². The number of anilines is 1. The molecule has 2 atom stereocenters. The number of H-pyrrole nitrogens is 1. The number of carbonyl (C=O) groups excluding carboxylic acids is 1. The minimum atomic E-state index is -3.69. The zero-order valence-electron chi connectivity index (χ0n) is 14.2. The summed E-state index contributed by atoms with van der Waals surface area (Å²) >= 11 is 0. The van der Waals surface area contributed by atoms with Gasteiger partial charge in [-0.2, -0.15) is 4.31 Å². The molecule has 0 spiro atoms. The van der Waals surface area contributed by atoms with E-state index in [0.717, 1.165) is 16.9 Å². The van der Waals surface area contributed by atoms with Crippen LogP contribution in [-0.2, 0) is 14.8 Å². The van der Waals surface area contributed by atoms with Gasteiger partial charge < -0.3 is 15.6 Å². The predicted octanol–water partition coefficient (Wildman–Crippen LogP) is -0.0804. The first-order valence-electron chi connectivity index (χ1n) is 8.06. The molecule has 1 saturated heterocycles. The van der Waals surface area contributed by atoms with E-state index in [4.69, 9.17) is 5.73 Å². The van der Waals surface area contributed by atoms with Crippen LogP contribution in [0.2, 0.25) is 0 Å². The number of nitrogens with one attached hydrogen (secondary N) is 1. The molecular weight excluding hydrogens is 344 g/mol. The molecule has 1 amide bonds. The van der Waals surface area contributed by atoms with Crippen molar-refractivity contribution in [1.82, 2.24) is 19.3 Å². The highest BCUT2D eigenvalue weighted by Gasteiger charge is 2.36. The second-order valence-corrected chi connectivity index (χ2v) is 8.43. The number of rotatable bonds is 5. The Labute approximate surface area is 146 Å². The summed E-state index contributed by atoms with van der Waals surface area (Å²) in [6.45, 7) is 2.78. The Hall–Kier alpha value is -2.20. The van der Waals surface area contributed by atoms with E-state index < -0.39 is 21.7 Å². The van der Waals surface area contributed by atoms with E-state index in [1.807, 2.05) is 18.0 Å². The van der Waals surface area contributed by atoms with Crippen molar-refractivity contribution in [3.8, 4) is 0 Å². The maximum Gasteiger partial charge on any atom is 0.234 e. The van der Waals surface area contributed by atoms with Crippen LogP contribution < -0.4 is 10.6 Å². The standard InChI is InChI=1S/C15H22N6O3S/c1-10-4-6-21(25(23,24)8-13(16)22)7-12(10)20(2)15-11-3-5-17-14(11)18-9-19-15/h3,5,9-10,12H,4,6-8H2,1-2H3,(H2,16,22)(H,17,18,19). The number of nitrogens with two attached hydrogens (primary N) is 1. The number of aromatic amines is 1. The number of nitrogens with zero attached hydrogens (tertiary/aromatic N) is 4. The SMILES string of the molecule is CC1CCN(S(=O)(=O)CC(N)=O)CC1N(C)c1ncnc2[nH]ccc12. The van der Waals surface area contributed by atoms with Crippen LogP contribution in [0.25, 0.3) is 11.0 Å². The molecule has 3 rings (SSSR count). The molecule has 1 aliphatic rings. The normalized spacial score (nSPS) is 22.2. The van der Waals surface area contributed by atoms with Gasteiger partial charge in [-0.25, -0.2) is 18.4 Å². The molecule has 0 saturated carbocycles. The maximum absolute atomic E-state index is 12.4. The van der Waals surface area contributed by atoms with E-state index in [1.165, 1.54) is 10.6 Å². The molecule has 2 unspecified atom stereocenters. The Morgan fingerprint density at radius 2 is 2.24 bits per heavy atom. The molecule has 1 aliphatic heterocycles. The molecule has 25 heavy (non-hydrogen) atoms. The molecular formula is C15H22N6O3S. The summed E-state index contributed by atoms with van der Waals surface area (Å²) in [5.41, 5.74) is 5.81. The van der Waals surface area contributed by atoms with Gasteiger partial charge in [-0.3, -0.25) is 4.79 Å². The van der Waals surface area contributed by atoms with Gasteiger partial charge in [0, 0.05) is 32.4 Å². The van der Waals surface area contributed by atoms with Gasteiger partial charge in [-0.05, 0) is 18.4 Å². The number of carbonyl (C=O) groups is 1. The van der Waals surface area contributed by atoms with Gasteiger partial charge in [0.2, 0.25) is 15.9 Å². The topological polar surface area (TPSA) is 125 Å². The van der Waals surface area contributed by atoms with Crippen LogP contribution in [0.5, 0.6) is 0 Å². The van der Waals surface area contributed by atoms with Crippen molar-refractivity contribution in [2.24, 2.45) is 11.7 Å². The third-order valence-corrected chi connectivity index (χ3v) is 6.53.